The van der Waals surface area contributed by atoms with Crippen molar-refractivity contribution in [3.63, 3.8) is 0 Å². The van der Waals surface area contributed by atoms with E-state index in [1.54, 1.807) is 6.92 Å². The van der Waals surface area contributed by atoms with Gasteiger partial charge in [0.1, 0.15) is 5.54 Å². The highest BCUT2D eigenvalue weighted by atomic mass is 16.5. The van der Waals surface area contributed by atoms with E-state index in [1.807, 2.05) is 25.1 Å². The van der Waals surface area contributed by atoms with Crippen molar-refractivity contribution in [1.29, 1.82) is 0 Å². The van der Waals surface area contributed by atoms with Gasteiger partial charge >= 0.3 is 0 Å². The van der Waals surface area contributed by atoms with Crippen LogP contribution in [0.1, 0.15) is 48.7 Å². The maximum atomic E-state index is 12.8. The Kier molecular flexibility index (Phi) is 3.82. The lowest BCUT2D eigenvalue weighted by atomic mass is 9.95. The first-order valence-electron chi connectivity index (χ1n) is 8.75. The Bertz CT molecular complexity index is 919. The van der Waals surface area contributed by atoms with Gasteiger partial charge in [0.05, 0.1) is 6.42 Å². The molecule has 130 valence electrons. The minimum absolute atomic E-state index is 0.00259. The van der Waals surface area contributed by atoms with Gasteiger partial charge in [0, 0.05) is 23.5 Å². The molecule has 4 rings (SSSR count). The molecular weight excluding hydrogens is 316 g/mol. The lowest BCUT2D eigenvalue weighted by Crippen LogP contribution is -2.45. The number of H-pyrrole nitrogens is 1. The van der Waals surface area contributed by atoms with Crippen molar-refractivity contribution < 1.29 is 9.32 Å². The highest BCUT2D eigenvalue weighted by molar-refractivity contribution is 5.90. The number of fused-ring (bicyclic) bond motifs is 1. The SMILES string of the molecule is Cc1nc(C2(NC(=O)Cc3c(C)[nH]c4ccccc34)CCCC2)no1. The molecule has 1 aliphatic carbocycles. The van der Waals surface area contributed by atoms with E-state index in [4.69, 9.17) is 4.52 Å². The number of hydrogen-bond donors (Lipinski definition) is 2. The maximum Gasteiger partial charge on any atom is 0.225 e. The maximum absolute atomic E-state index is 12.8. The second kappa shape index (κ2) is 6.02. The van der Waals surface area contributed by atoms with Gasteiger partial charge in [-0.2, -0.15) is 4.98 Å². The monoisotopic (exact) mass is 338 g/mol. The molecule has 0 aliphatic heterocycles. The smallest absolute Gasteiger partial charge is 0.225 e. The van der Waals surface area contributed by atoms with Gasteiger partial charge in [-0.05, 0) is 31.4 Å². The number of aryl methyl sites for hydroxylation is 2. The molecule has 2 aromatic heterocycles. The highest BCUT2D eigenvalue weighted by Crippen LogP contribution is 2.37. The lowest BCUT2D eigenvalue weighted by molar-refractivity contribution is -0.122. The first kappa shape index (κ1) is 15.9. The molecule has 1 fully saturated rings. The van der Waals surface area contributed by atoms with Gasteiger partial charge < -0.3 is 14.8 Å². The Morgan fingerprint density at radius 3 is 2.76 bits per heavy atom. The summed E-state index contributed by atoms with van der Waals surface area (Å²) in [5.41, 5.74) is 2.65. The van der Waals surface area contributed by atoms with E-state index >= 15 is 0 Å². The van der Waals surface area contributed by atoms with Gasteiger partial charge in [-0.15, -0.1) is 0 Å². The predicted molar refractivity (Wildman–Crippen MR) is 94.1 cm³/mol. The van der Waals surface area contributed by atoms with Crippen molar-refractivity contribution in [3.8, 4) is 0 Å². The van der Waals surface area contributed by atoms with Gasteiger partial charge in [0.2, 0.25) is 11.8 Å². The molecule has 0 atom stereocenters. The summed E-state index contributed by atoms with van der Waals surface area (Å²) < 4.78 is 5.15. The van der Waals surface area contributed by atoms with Crippen molar-refractivity contribution in [2.75, 3.05) is 0 Å². The minimum atomic E-state index is -0.491. The second-order valence-electron chi connectivity index (χ2n) is 6.93. The summed E-state index contributed by atoms with van der Waals surface area (Å²) in [7, 11) is 0. The molecule has 1 aliphatic rings. The van der Waals surface area contributed by atoms with E-state index in [9.17, 15) is 4.79 Å². The topological polar surface area (TPSA) is 83.8 Å². The number of carbonyl (C=O) groups excluding carboxylic acids is 1. The first-order valence-corrected chi connectivity index (χ1v) is 8.75. The van der Waals surface area contributed by atoms with Crippen LogP contribution in [0.3, 0.4) is 0 Å². The molecule has 0 spiro atoms. The Morgan fingerprint density at radius 2 is 2.04 bits per heavy atom. The summed E-state index contributed by atoms with van der Waals surface area (Å²) in [5.74, 6) is 1.13. The summed E-state index contributed by atoms with van der Waals surface area (Å²) in [6, 6.07) is 8.07. The van der Waals surface area contributed by atoms with Crippen LogP contribution >= 0.6 is 0 Å². The van der Waals surface area contributed by atoms with Crippen molar-refractivity contribution in [2.45, 2.75) is 51.5 Å². The van der Waals surface area contributed by atoms with Crippen LogP contribution in [-0.2, 0) is 16.8 Å². The molecule has 1 saturated carbocycles. The van der Waals surface area contributed by atoms with Gasteiger partial charge in [0.25, 0.3) is 0 Å². The number of nitrogens with one attached hydrogen (secondary N) is 2. The molecule has 0 unspecified atom stereocenters. The quantitative estimate of drug-likeness (QED) is 0.764. The standard InChI is InChI=1S/C19H22N4O2/c1-12-15(14-7-3-4-8-16(14)20-12)11-17(24)22-19(9-5-6-10-19)18-21-13(2)25-23-18/h3-4,7-8,20H,5-6,9-11H2,1-2H3,(H,22,24). The number of carbonyl (C=O) groups is 1. The molecule has 25 heavy (non-hydrogen) atoms. The fraction of sp³-hybridized carbons (Fsp3) is 0.421. The number of aromatic nitrogens is 3. The molecule has 3 aromatic rings. The summed E-state index contributed by atoms with van der Waals surface area (Å²) in [6.45, 7) is 3.78. The normalized spacial score (nSPS) is 16.4. The summed E-state index contributed by atoms with van der Waals surface area (Å²) in [6.07, 6.45) is 4.16. The lowest BCUT2D eigenvalue weighted by Gasteiger charge is -2.26. The Balaban J connectivity index is 1.59. The van der Waals surface area contributed by atoms with E-state index in [2.05, 4.69) is 26.5 Å². The van der Waals surface area contributed by atoms with Gasteiger partial charge in [-0.25, -0.2) is 0 Å². The van der Waals surface area contributed by atoms with Crippen LogP contribution in [0.5, 0.6) is 0 Å². The van der Waals surface area contributed by atoms with Gasteiger partial charge in [-0.3, -0.25) is 4.79 Å². The highest BCUT2D eigenvalue weighted by Gasteiger charge is 2.41. The Morgan fingerprint density at radius 1 is 1.28 bits per heavy atom. The summed E-state index contributed by atoms with van der Waals surface area (Å²) >= 11 is 0. The number of benzene rings is 1. The third-order valence-electron chi connectivity index (χ3n) is 5.16. The second-order valence-corrected chi connectivity index (χ2v) is 6.93. The van der Waals surface area contributed by atoms with Crippen molar-refractivity contribution in [2.24, 2.45) is 0 Å². The van der Waals surface area contributed by atoms with Crippen molar-refractivity contribution in [3.05, 3.63) is 47.2 Å². The molecule has 2 N–H and O–H groups in total. The van der Waals surface area contributed by atoms with Crippen LogP contribution in [0.15, 0.2) is 28.8 Å². The minimum Gasteiger partial charge on any atom is -0.358 e. The van der Waals surface area contributed by atoms with Crippen LogP contribution in [0, 0.1) is 13.8 Å². The number of rotatable bonds is 4. The third-order valence-corrected chi connectivity index (χ3v) is 5.16. The average molecular weight is 338 g/mol. The Hall–Kier alpha value is -2.63. The number of hydrogen-bond acceptors (Lipinski definition) is 4. The zero-order valence-electron chi connectivity index (χ0n) is 14.6. The van der Waals surface area contributed by atoms with E-state index in [0.29, 0.717) is 18.1 Å². The summed E-state index contributed by atoms with van der Waals surface area (Å²) in [4.78, 5) is 20.6. The predicted octanol–water partition coefficient (Wildman–Crippen LogP) is 3.30. The van der Waals surface area contributed by atoms with Crippen molar-refractivity contribution in [1.82, 2.24) is 20.4 Å². The zero-order chi connectivity index (χ0) is 17.4. The molecule has 0 bridgehead atoms. The molecule has 6 heteroatoms. The molecule has 6 nitrogen and oxygen atoms in total. The number of amides is 1. The Labute approximate surface area is 146 Å². The molecular formula is C19H22N4O2. The molecule has 0 radical (unpaired) electrons. The molecule has 1 amide bonds. The van der Waals surface area contributed by atoms with Gasteiger partial charge in [-0.1, -0.05) is 36.2 Å². The zero-order valence-corrected chi connectivity index (χ0v) is 14.6. The fourth-order valence-corrected chi connectivity index (χ4v) is 3.91. The van der Waals surface area contributed by atoms with E-state index in [0.717, 1.165) is 47.8 Å². The van der Waals surface area contributed by atoms with Crippen LogP contribution in [0.4, 0.5) is 0 Å². The van der Waals surface area contributed by atoms with Crippen LogP contribution in [0.25, 0.3) is 10.9 Å². The van der Waals surface area contributed by atoms with Crippen molar-refractivity contribution >= 4 is 16.8 Å². The molecule has 1 aromatic carbocycles. The van der Waals surface area contributed by atoms with E-state index in [1.165, 1.54) is 0 Å². The number of para-hydroxylation sites is 1. The molecule has 0 saturated heterocycles. The third kappa shape index (κ3) is 2.81. The average Bonchev–Trinajstić information content (AvgIpc) is 3.29. The van der Waals surface area contributed by atoms with Gasteiger partial charge in [0.15, 0.2) is 5.82 Å². The van der Waals surface area contributed by atoms with Crippen LogP contribution in [0.2, 0.25) is 0 Å². The van der Waals surface area contributed by atoms with Crippen LogP contribution < -0.4 is 5.32 Å². The number of aromatic amines is 1. The van der Waals surface area contributed by atoms with E-state index < -0.39 is 5.54 Å². The first-order chi connectivity index (χ1) is 12.1. The fourth-order valence-electron chi connectivity index (χ4n) is 3.91. The number of nitrogens with zero attached hydrogens (tertiary/aromatic N) is 2. The van der Waals surface area contributed by atoms with E-state index in [-0.39, 0.29) is 5.91 Å². The molecule has 2 heterocycles. The largest absolute Gasteiger partial charge is 0.358 e. The summed E-state index contributed by atoms with van der Waals surface area (Å²) in [5, 5.41) is 8.40. The van der Waals surface area contributed by atoms with Crippen LogP contribution in [-0.4, -0.2) is 21.0 Å².